The smallest absolute Gasteiger partial charge is 0.222 e. The summed E-state index contributed by atoms with van der Waals surface area (Å²) in [5.74, 6) is 1.02. The van der Waals surface area contributed by atoms with Gasteiger partial charge in [-0.25, -0.2) is 4.98 Å². The van der Waals surface area contributed by atoms with Crippen LogP contribution in [0, 0.1) is 0 Å². The van der Waals surface area contributed by atoms with Gasteiger partial charge >= 0.3 is 0 Å². The fraction of sp³-hybridized carbons (Fsp3) is 0.353. The molecule has 1 aromatic carbocycles. The van der Waals surface area contributed by atoms with Gasteiger partial charge in [-0.3, -0.25) is 4.79 Å². The maximum Gasteiger partial charge on any atom is 0.222 e. The second-order valence-corrected chi connectivity index (χ2v) is 6.65. The zero-order chi connectivity index (χ0) is 17.8. The Kier molecular flexibility index (Phi) is 5.60. The minimum atomic E-state index is 0.158. The van der Waals surface area contributed by atoms with E-state index >= 15 is 0 Å². The molecular weight excluding hydrogens is 361 g/mol. The first-order valence-corrected chi connectivity index (χ1v) is 8.91. The third-order valence-electron chi connectivity index (χ3n) is 4.05. The molecule has 1 aliphatic rings. The summed E-state index contributed by atoms with van der Waals surface area (Å²) in [5.41, 5.74) is 7.13. The summed E-state index contributed by atoms with van der Waals surface area (Å²) in [4.78, 5) is 21.9. The second kappa shape index (κ2) is 7.89. The van der Waals surface area contributed by atoms with E-state index in [1.54, 1.807) is 12.1 Å². The summed E-state index contributed by atoms with van der Waals surface area (Å²) < 4.78 is 0. The molecule has 0 aliphatic carbocycles. The van der Waals surface area contributed by atoms with Gasteiger partial charge < -0.3 is 16.0 Å². The number of nitrogen functional groups attached to an aromatic ring is 1. The van der Waals surface area contributed by atoms with Crippen LogP contribution in [-0.4, -0.2) is 40.4 Å². The highest BCUT2D eigenvalue weighted by atomic mass is 35.5. The minimum absolute atomic E-state index is 0.158. The largest absolute Gasteiger partial charge is 0.370 e. The normalized spacial score (nSPS) is 14.2. The van der Waals surface area contributed by atoms with Crippen LogP contribution in [0.4, 0.5) is 11.8 Å². The minimum Gasteiger partial charge on any atom is -0.370 e. The van der Waals surface area contributed by atoms with E-state index in [0.717, 1.165) is 25.9 Å². The highest BCUT2D eigenvalue weighted by Gasteiger charge is 2.19. The Morgan fingerprint density at radius 1 is 1.28 bits per heavy atom. The van der Waals surface area contributed by atoms with Crippen molar-refractivity contribution in [1.29, 1.82) is 0 Å². The lowest BCUT2D eigenvalue weighted by Crippen LogP contribution is -2.27. The number of nitrogens with zero attached hydrogens (tertiary/aromatic N) is 3. The van der Waals surface area contributed by atoms with Gasteiger partial charge in [0.15, 0.2) is 0 Å². The van der Waals surface area contributed by atoms with E-state index < -0.39 is 0 Å². The Morgan fingerprint density at radius 2 is 2.12 bits per heavy atom. The van der Waals surface area contributed by atoms with Crippen LogP contribution in [0.1, 0.15) is 19.3 Å². The molecule has 1 aromatic heterocycles. The third-order valence-corrected chi connectivity index (χ3v) is 4.87. The van der Waals surface area contributed by atoms with Crippen molar-refractivity contribution in [1.82, 2.24) is 14.9 Å². The summed E-state index contributed by atoms with van der Waals surface area (Å²) >= 11 is 12.3. The molecule has 3 rings (SSSR count). The lowest BCUT2D eigenvalue weighted by molar-refractivity contribution is -0.127. The van der Waals surface area contributed by atoms with Gasteiger partial charge in [0.2, 0.25) is 11.9 Å². The molecule has 0 saturated carbocycles. The van der Waals surface area contributed by atoms with Gasteiger partial charge in [-0.1, -0.05) is 35.3 Å². The van der Waals surface area contributed by atoms with Crippen molar-refractivity contribution in [3.05, 3.63) is 34.3 Å². The number of carbonyl (C=O) groups excluding carboxylic acids is 1. The van der Waals surface area contributed by atoms with Gasteiger partial charge in [-0.05, 0) is 18.9 Å². The van der Waals surface area contributed by atoms with Gasteiger partial charge in [0.25, 0.3) is 0 Å². The number of rotatable bonds is 6. The molecule has 0 bridgehead atoms. The van der Waals surface area contributed by atoms with Crippen LogP contribution in [0.25, 0.3) is 11.3 Å². The van der Waals surface area contributed by atoms with E-state index in [9.17, 15) is 4.79 Å². The van der Waals surface area contributed by atoms with Crippen LogP contribution < -0.4 is 11.1 Å². The van der Waals surface area contributed by atoms with Crippen molar-refractivity contribution in [3.63, 3.8) is 0 Å². The predicted molar refractivity (Wildman–Crippen MR) is 101 cm³/mol. The Hall–Kier alpha value is -2.05. The standard InChI is InChI=1S/C17H19Cl2N5O/c18-12-5-1-4-11(16(12)19)13-10-14(23-17(20)22-13)21-7-3-9-24-8-2-6-15(24)25/h1,4-5,10H,2-3,6-9H2,(H3,20,21,22,23). The van der Waals surface area contributed by atoms with Crippen molar-refractivity contribution in [2.75, 3.05) is 30.7 Å². The summed E-state index contributed by atoms with van der Waals surface area (Å²) in [6.07, 6.45) is 2.46. The van der Waals surface area contributed by atoms with Crippen LogP contribution in [0.2, 0.25) is 10.0 Å². The van der Waals surface area contributed by atoms with Crippen molar-refractivity contribution in [3.8, 4) is 11.3 Å². The van der Waals surface area contributed by atoms with Crippen LogP contribution in [0.15, 0.2) is 24.3 Å². The van der Waals surface area contributed by atoms with Crippen LogP contribution in [-0.2, 0) is 4.79 Å². The Balaban J connectivity index is 1.65. The van der Waals surface area contributed by atoms with E-state index in [2.05, 4.69) is 15.3 Å². The first-order valence-electron chi connectivity index (χ1n) is 8.15. The molecule has 1 amide bonds. The van der Waals surface area contributed by atoms with Crippen molar-refractivity contribution >= 4 is 40.9 Å². The molecular formula is C17H19Cl2N5O. The summed E-state index contributed by atoms with van der Waals surface area (Å²) in [6.45, 7) is 2.29. The first-order chi connectivity index (χ1) is 12.0. The van der Waals surface area contributed by atoms with E-state index in [0.29, 0.717) is 40.1 Å². The summed E-state index contributed by atoms with van der Waals surface area (Å²) in [6, 6.07) is 7.15. The molecule has 0 radical (unpaired) electrons. The van der Waals surface area contributed by atoms with Gasteiger partial charge in [0.1, 0.15) is 5.82 Å². The first kappa shape index (κ1) is 17.8. The summed E-state index contributed by atoms with van der Waals surface area (Å²) in [5, 5.41) is 4.11. The number of amides is 1. The second-order valence-electron chi connectivity index (χ2n) is 5.86. The average molecular weight is 380 g/mol. The van der Waals surface area contributed by atoms with Crippen molar-refractivity contribution in [2.45, 2.75) is 19.3 Å². The molecule has 1 fully saturated rings. The molecule has 132 valence electrons. The maximum absolute atomic E-state index is 11.6. The van der Waals surface area contributed by atoms with Gasteiger partial charge in [-0.15, -0.1) is 0 Å². The van der Waals surface area contributed by atoms with Gasteiger partial charge in [0.05, 0.1) is 15.7 Å². The van der Waals surface area contributed by atoms with E-state index in [-0.39, 0.29) is 11.9 Å². The van der Waals surface area contributed by atoms with Crippen LogP contribution >= 0.6 is 23.2 Å². The van der Waals surface area contributed by atoms with Gasteiger partial charge in [0, 0.05) is 37.7 Å². The quantitative estimate of drug-likeness (QED) is 0.750. The molecule has 6 nitrogen and oxygen atoms in total. The van der Waals surface area contributed by atoms with Gasteiger partial charge in [-0.2, -0.15) is 4.98 Å². The Labute approximate surface area is 156 Å². The Bertz CT molecular complexity index is 784. The van der Waals surface area contributed by atoms with E-state index in [1.165, 1.54) is 0 Å². The molecule has 0 spiro atoms. The molecule has 0 atom stereocenters. The van der Waals surface area contributed by atoms with Crippen LogP contribution in [0.5, 0.6) is 0 Å². The number of benzene rings is 1. The monoisotopic (exact) mass is 379 g/mol. The average Bonchev–Trinajstić information content (AvgIpc) is 2.99. The van der Waals surface area contributed by atoms with Crippen molar-refractivity contribution in [2.24, 2.45) is 0 Å². The molecule has 25 heavy (non-hydrogen) atoms. The maximum atomic E-state index is 11.6. The fourth-order valence-electron chi connectivity index (χ4n) is 2.82. The van der Waals surface area contributed by atoms with E-state index in [4.69, 9.17) is 28.9 Å². The number of likely N-dealkylation sites (tertiary alicyclic amines) is 1. The number of hydrogen-bond donors (Lipinski definition) is 2. The highest BCUT2D eigenvalue weighted by Crippen LogP contribution is 2.33. The fourth-order valence-corrected chi connectivity index (χ4v) is 3.22. The molecule has 2 heterocycles. The molecule has 1 aliphatic heterocycles. The number of nitrogens with one attached hydrogen (secondary N) is 1. The molecule has 3 N–H and O–H groups in total. The number of aromatic nitrogens is 2. The zero-order valence-corrected chi connectivity index (χ0v) is 15.1. The van der Waals surface area contributed by atoms with E-state index in [1.807, 2.05) is 17.0 Å². The zero-order valence-electron chi connectivity index (χ0n) is 13.6. The Morgan fingerprint density at radius 3 is 2.88 bits per heavy atom. The molecule has 1 saturated heterocycles. The summed E-state index contributed by atoms with van der Waals surface area (Å²) in [7, 11) is 0. The third kappa shape index (κ3) is 4.32. The topological polar surface area (TPSA) is 84.1 Å². The van der Waals surface area contributed by atoms with Crippen molar-refractivity contribution < 1.29 is 4.79 Å². The molecule has 0 unspecified atom stereocenters. The number of anilines is 2. The predicted octanol–water partition coefficient (Wildman–Crippen LogP) is 3.46. The molecule has 8 heteroatoms. The number of hydrogen-bond acceptors (Lipinski definition) is 5. The highest BCUT2D eigenvalue weighted by molar-refractivity contribution is 6.43. The lowest BCUT2D eigenvalue weighted by Gasteiger charge is -2.15. The number of nitrogens with two attached hydrogens (primary N) is 1. The lowest BCUT2D eigenvalue weighted by atomic mass is 10.1. The SMILES string of the molecule is Nc1nc(NCCCN2CCCC2=O)cc(-c2cccc(Cl)c2Cl)n1. The number of carbonyl (C=O) groups is 1. The number of halogens is 2. The molecule has 2 aromatic rings. The van der Waals surface area contributed by atoms with Crippen LogP contribution in [0.3, 0.4) is 0 Å².